The van der Waals surface area contributed by atoms with Gasteiger partial charge in [-0.25, -0.2) is 4.98 Å². The minimum atomic E-state index is -0.908. The minimum absolute atomic E-state index is 0.00815. The van der Waals surface area contributed by atoms with E-state index >= 15 is 0 Å². The summed E-state index contributed by atoms with van der Waals surface area (Å²) in [6.07, 6.45) is 1.67. The number of nitrogens with zero attached hydrogens (tertiary/aromatic N) is 2. The largest absolute Gasteiger partial charge is 0.481 e. The van der Waals surface area contributed by atoms with Crippen molar-refractivity contribution in [1.82, 2.24) is 14.9 Å². The topological polar surface area (TPSA) is 101 Å². The van der Waals surface area contributed by atoms with E-state index in [2.05, 4.69) is 26.2 Å². The molecule has 8 heteroatoms. The van der Waals surface area contributed by atoms with Crippen molar-refractivity contribution in [2.45, 2.75) is 19.4 Å². The second kappa shape index (κ2) is 7.17. The number of halogens is 1. The van der Waals surface area contributed by atoms with Gasteiger partial charge in [0.05, 0.1) is 17.2 Å². The van der Waals surface area contributed by atoms with Crippen LogP contribution in [0.25, 0.3) is 10.9 Å². The molecule has 0 bridgehead atoms. The van der Waals surface area contributed by atoms with Crippen molar-refractivity contribution >= 4 is 38.7 Å². The third kappa shape index (κ3) is 4.14. The van der Waals surface area contributed by atoms with Crippen LogP contribution in [0.15, 0.2) is 33.8 Å². The molecule has 0 saturated carbocycles. The van der Waals surface area contributed by atoms with Crippen molar-refractivity contribution in [3.8, 4) is 0 Å². The Labute approximate surface area is 134 Å². The van der Waals surface area contributed by atoms with E-state index < -0.39 is 5.97 Å². The Morgan fingerprint density at radius 3 is 2.86 bits per heavy atom. The summed E-state index contributed by atoms with van der Waals surface area (Å²) < 4.78 is 1.98. The number of hydrogen-bond acceptors (Lipinski definition) is 4. The number of aromatic nitrogens is 2. The summed E-state index contributed by atoms with van der Waals surface area (Å²) in [5.41, 5.74) is 0.262. The maximum atomic E-state index is 12.3. The molecule has 1 amide bonds. The van der Waals surface area contributed by atoms with Gasteiger partial charge < -0.3 is 10.4 Å². The molecular weight excluding hydrogens is 354 g/mol. The van der Waals surface area contributed by atoms with Crippen LogP contribution in [-0.4, -0.2) is 33.1 Å². The third-order valence-corrected chi connectivity index (χ3v) is 3.48. The fraction of sp³-hybridized carbons (Fsp3) is 0.286. The van der Waals surface area contributed by atoms with Crippen LogP contribution in [0.1, 0.15) is 12.8 Å². The van der Waals surface area contributed by atoms with Gasteiger partial charge in [0.2, 0.25) is 5.91 Å². The second-order valence-electron chi connectivity index (χ2n) is 4.69. The highest BCUT2D eigenvalue weighted by atomic mass is 79.9. The van der Waals surface area contributed by atoms with E-state index in [9.17, 15) is 14.4 Å². The molecule has 0 aliphatic heterocycles. The van der Waals surface area contributed by atoms with E-state index in [0.717, 1.165) is 4.47 Å². The summed E-state index contributed by atoms with van der Waals surface area (Å²) >= 11 is 3.29. The molecule has 0 aliphatic rings. The molecule has 0 unspecified atom stereocenters. The Morgan fingerprint density at radius 2 is 2.14 bits per heavy atom. The standard InChI is InChI=1S/C14H14BrN3O4/c15-9-3-4-11-10(6-9)14(22)18(8-17-11)7-12(19)16-5-1-2-13(20)21/h3-4,6,8H,1-2,5,7H2,(H,16,19)(H,20,21). The number of carbonyl (C=O) groups is 2. The summed E-state index contributed by atoms with van der Waals surface area (Å²) in [6, 6.07) is 5.16. The third-order valence-electron chi connectivity index (χ3n) is 2.99. The lowest BCUT2D eigenvalue weighted by Crippen LogP contribution is -2.33. The fourth-order valence-corrected chi connectivity index (χ4v) is 2.28. The molecule has 0 fully saturated rings. The summed E-state index contributed by atoms with van der Waals surface area (Å²) in [5.74, 6) is -1.27. The van der Waals surface area contributed by atoms with Crippen LogP contribution in [0.4, 0.5) is 0 Å². The lowest BCUT2D eigenvalue weighted by Gasteiger charge is -2.07. The second-order valence-corrected chi connectivity index (χ2v) is 5.60. The van der Waals surface area contributed by atoms with Crippen molar-refractivity contribution in [3.05, 3.63) is 39.4 Å². The molecule has 1 heterocycles. The van der Waals surface area contributed by atoms with E-state index in [1.807, 2.05) is 0 Å². The van der Waals surface area contributed by atoms with Crippen LogP contribution >= 0.6 is 15.9 Å². The molecule has 2 N–H and O–H groups in total. The molecule has 116 valence electrons. The zero-order valence-corrected chi connectivity index (χ0v) is 13.2. The predicted octanol–water partition coefficient (Wildman–Crippen LogP) is 1.14. The average molecular weight is 368 g/mol. The molecule has 0 radical (unpaired) electrons. The first-order chi connectivity index (χ1) is 10.5. The molecule has 1 aromatic carbocycles. The first-order valence-corrected chi connectivity index (χ1v) is 7.40. The van der Waals surface area contributed by atoms with Gasteiger partial charge in [0.15, 0.2) is 0 Å². The number of benzene rings is 1. The number of carboxylic acids is 1. The lowest BCUT2D eigenvalue weighted by molar-refractivity contribution is -0.137. The van der Waals surface area contributed by atoms with Gasteiger partial charge in [-0.05, 0) is 24.6 Å². The van der Waals surface area contributed by atoms with Crippen molar-refractivity contribution in [2.75, 3.05) is 6.54 Å². The molecule has 0 saturated heterocycles. The van der Waals surface area contributed by atoms with Crippen molar-refractivity contribution in [2.24, 2.45) is 0 Å². The minimum Gasteiger partial charge on any atom is -0.481 e. The van der Waals surface area contributed by atoms with E-state index in [1.54, 1.807) is 18.2 Å². The van der Waals surface area contributed by atoms with Crippen LogP contribution in [0, 0.1) is 0 Å². The maximum Gasteiger partial charge on any atom is 0.303 e. The number of aliphatic carboxylic acids is 1. The van der Waals surface area contributed by atoms with Crippen molar-refractivity contribution < 1.29 is 14.7 Å². The van der Waals surface area contributed by atoms with Gasteiger partial charge in [0.25, 0.3) is 5.56 Å². The van der Waals surface area contributed by atoms with Crippen LogP contribution < -0.4 is 10.9 Å². The number of amides is 1. The fourth-order valence-electron chi connectivity index (χ4n) is 1.92. The quantitative estimate of drug-likeness (QED) is 0.745. The lowest BCUT2D eigenvalue weighted by atomic mass is 10.2. The average Bonchev–Trinajstić information content (AvgIpc) is 2.47. The molecule has 22 heavy (non-hydrogen) atoms. The maximum absolute atomic E-state index is 12.3. The smallest absolute Gasteiger partial charge is 0.303 e. The Balaban J connectivity index is 2.05. The van der Waals surface area contributed by atoms with Gasteiger partial charge in [-0.3, -0.25) is 19.0 Å². The highest BCUT2D eigenvalue weighted by Crippen LogP contribution is 2.14. The highest BCUT2D eigenvalue weighted by molar-refractivity contribution is 9.10. The van der Waals surface area contributed by atoms with Gasteiger partial charge >= 0.3 is 5.97 Å². The molecule has 7 nitrogen and oxygen atoms in total. The Morgan fingerprint density at radius 1 is 1.36 bits per heavy atom. The van der Waals surface area contributed by atoms with Crippen LogP contribution in [0.2, 0.25) is 0 Å². The zero-order valence-electron chi connectivity index (χ0n) is 11.6. The van der Waals surface area contributed by atoms with Gasteiger partial charge in [-0.15, -0.1) is 0 Å². The summed E-state index contributed by atoms with van der Waals surface area (Å²) in [5, 5.41) is 11.5. The van der Waals surface area contributed by atoms with Gasteiger partial charge in [0, 0.05) is 17.4 Å². The SMILES string of the molecule is O=C(O)CCCNC(=O)Cn1cnc2ccc(Br)cc2c1=O. The molecular formula is C14H14BrN3O4. The molecule has 1 aromatic heterocycles. The first-order valence-electron chi connectivity index (χ1n) is 6.60. The van der Waals surface area contributed by atoms with Gasteiger partial charge in [-0.2, -0.15) is 0 Å². The summed E-state index contributed by atoms with van der Waals surface area (Å²) in [7, 11) is 0. The van der Waals surface area contributed by atoms with Gasteiger partial charge in [-0.1, -0.05) is 15.9 Å². The molecule has 0 aliphatic carbocycles. The monoisotopic (exact) mass is 367 g/mol. The highest BCUT2D eigenvalue weighted by Gasteiger charge is 2.08. The Hall–Kier alpha value is -2.22. The Bertz CT molecular complexity index is 772. The molecule has 2 rings (SSSR count). The van der Waals surface area contributed by atoms with Crippen molar-refractivity contribution in [1.29, 1.82) is 0 Å². The number of fused-ring (bicyclic) bond motifs is 1. The molecule has 2 aromatic rings. The molecule has 0 atom stereocenters. The summed E-state index contributed by atoms with van der Waals surface area (Å²) in [4.78, 5) is 38.5. The van der Waals surface area contributed by atoms with Crippen molar-refractivity contribution in [3.63, 3.8) is 0 Å². The van der Waals surface area contributed by atoms with E-state index in [4.69, 9.17) is 5.11 Å². The zero-order chi connectivity index (χ0) is 16.1. The molecule has 0 spiro atoms. The first kappa shape index (κ1) is 16.2. The van der Waals surface area contributed by atoms with E-state index in [0.29, 0.717) is 17.3 Å². The Kier molecular flexibility index (Phi) is 5.26. The van der Waals surface area contributed by atoms with Crippen LogP contribution in [-0.2, 0) is 16.1 Å². The number of nitrogens with one attached hydrogen (secondary N) is 1. The summed E-state index contributed by atoms with van der Waals surface area (Å²) in [6.45, 7) is 0.105. The number of rotatable bonds is 6. The number of carboxylic acid groups (broad SMARTS) is 1. The van der Waals surface area contributed by atoms with Crippen LogP contribution in [0.5, 0.6) is 0 Å². The van der Waals surface area contributed by atoms with E-state index in [1.165, 1.54) is 10.9 Å². The van der Waals surface area contributed by atoms with Crippen LogP contribution in [0.3, 0.4) is 0 Å². The van der Waals surface area contributed by atoms with E-state index in [-0.39, 0.29) is 31.0 Å². The van der Waals surface area contributed by atoms with Gasteiger partial charge in [0.1, 0.15) is 6.54 Å². The normalized spacial score (nSPS) is 10.6. The number of carbonyl (C=O) groups excluding carboxylic acids is 1. The number of hydrogen-bond donors (Lipinski definition) is 2. The predicted molar refractivity (Wildman–Crippen MR) is 83.6 cm³/mol.